The van der Waals surface area contributed by atoms with Gasteiger partial charge < -0.3 is 16.4 Å². The molecule has 1 heterocycles. The van der Waals surface area contributed by atoms with Crippen LogP contribution in [0, 0.1) is 0 Å². The van der Waals surface area contributed by atoms with Crippen LogP contribution in [0.15, 0.2) is 12.3 Å². The smallest absolute Gasteiger partial charge is 0.244 e. The van der Waals surface area contributed by atoms with Crippen LogP contribution in [0.25, 0.3) is 0 Å². The van der Waals surface area contributed by atoms with E-state index in [9.17, 15) is 9.59 Å². The van der Waals surface area contributed by atoms with Gasteiger partial charge in [-0.25, -0.2) is 0 Å². The van der Waals surface area contributed by atoms with Crippen molar-refractivity contribution in [3.8, 4) is 0 Å². The normalized spacial score (nSPS) is 9.73. The van der Waals surface area contributed by atoms with E-state index in [2.05, 4.69) is 15.7 Å². The summed E-state index contributed by atoms with van der Waals surface area (Å²) in [6, 6.07) is 1.66. The summed E-state index contributed by atoms with van der Waals surface area (Å²) in [6.07, 6.45) is 1.70. The Morgan fingerprint density at radius 2 is 2.27 bits per heavy atom. The van der Waals surface area contributed by atoms with Crippen molar-refractivity contribution >= 4 is 17.6 Å². The molecule has 15 heavy (non-hydrogen) atoms. The first kappa shape index (κ1) is 11.2. The summed E-state index contributed by atoms with van der Waals surface area (Å²) < 4.78 is 1.56. The van der Waals surface area contributed by atoms with Gasteiger partial charge in [0.25, 0.3) is 0 Å². The van der Waals surface area contributed by atoms with Gasteiger partial charge in [0.05, 0.1) is 13.1 Å². The van der Waals surface area contributed by atoms with Crippen LogP contribution < -0.4 is 16.4 Å². The van der Waals surface area contributed by atoms with Gasteiger partial charge in [-0.1, -0.05) is 0 Å². The average molecular weight is 211 g/mol. The number of anilines is 1. The summed E-state index contributed by atoms with van der Waals surface area (Å²) in [7, 11) is 1.74. The first-order valence-corrected chi connectivity index (χ1v) is 4.38. The highest BCUT2D eigenvalue weighted by molar-refractivity contribution is 5.93. The van der Waals surface area contributed by atoms with Crippen molar-refractivity contribution in [2.24, 2.45) is 12.8 Å². The van der Waals surface area contributed by atoms with Gasteiger partial charge in [0.2, 0.25) is 11.8 Å². The number of aryl methyl sites for hydroxylation is 1. The molecule has 0 unspecified atom stereocenters. The molecule has 4 N–H and O–H groups in total. The zero-order valence-electron chi connectivity index (χ0n) is 8.36. The molecule has 0 saturated heterocycles. The molecule has 0 saturated carbocycles. The van der Waals surface area contributed by atoms with Crippen molar-refractivity contribution in [3.63, 3.8) is 0 Å². The molecule has 0 atom stereocenters. The van der Waals surface area contributed by atoms with Gasteiger partial charge in [0.15, 0.2) is 5.82 Å². The van der Waals surface area contributed by atoms with Crippen LogP contribution in [-0.2, 0) is 16.6 Å². The highest BCUT2D eigenvalue weighted by Crippen LogP contribution is 1.99. The van der Waals surface area contributed by atoms with Crippen LogP contribution in [0.4, 0.5) is 5.82 Å². The van der Waals surface area contributed by atoms with Crippen molar-refractivity contribution in [2.45, 2.75) is 0 Å². The van der Waals surface area contributed by atoms with Gasteiger partial charge in [0, 0.05) is 19.3 Å². The van der Waals surface area contributed by atoms with Crippen molar-refractivity contribution in [2.75, 3.05) is 18.4 Å². The lowest BCUT2D eigenvalue weighted by Crippen LogP contribution is -2.36. The van der Waals surface area contributed by atoms with E-state index in [1.807, 2.05) is 0 Å². The fraction of sp³-hybridized carbons (Fsp3) is 0.375. The Hall–Kier alpha value is -1.89. The lowest BCUT2D eigenvalue weighted by molar-refractivity contribution is -0.123. The minimum Gasteiger partial charge on any atom is -0.346 e. The maximum Gasteiger partial charge on any atom is 0.244 e. The molecular weight excluding hydrogens is 198 g/mol. The largest absolute Gasteiger partial charge is 0.346 e. The third-order valence-corrected chi connectivity index (χ3v) is 1.61. The molecule has 0 spiro atoms. The molecule has 0 aliphatic carbocycles. The molecule has 82 valence electrons. The highest BCUT2D eigenvalue weighted by Gasteiger charge is 2.05. The summed E-state index contributed by atoms with van der Waals surface area (Å²) in [5, 5.41) is 8.81. The SMILES string of the molecule is Cn1ccc(NC(=O)CNC(=O)CN)n1. The number of hydrogen-bond acceptors (Lipinski definition) is 4. The molecule has 0 aromatic carbocycles. The van der Waals surface area contributed by atoms with E-state index in [0.29, 0.717) is 5.82 Å². The lowest BCUT2D eigenvalue weighted by atomic mass is 10.5. The van der Waals surface area contributed by atoms with Crippen LogP contribution in [0.1, 0.15) is 0 Å². The second-order valence-corrected chi connectivity index (χ2v) is 2.90. The number of nitrogens with zero attached hydrogens (tertiary/aromatic N) is 2. The summed E-state index contributed by atoms with van der Waals surface area (Å²) in [5.41, 5.74) is 5.05. The zero-order chi connectivity index (χ0) is 11.3. The molecule has 0 bridgehead atoms. The molecule has 2 amide bonds. The lowest BCUT2D eigenvalue weighted by Gasteiger charge is -2.03. The molecule has 0 radical (unpaired) electrons. The predicted molar refractivity (Wildman–Crippen MR) is 53.9 cm³/mol. The van der Waals surface area contributed by atoms with Gasteiger partial charge in [-0.15, -0.1) is 0 Å². The Labute approximate surface area is 86.6 Å². The van der Waals surface area contributed by atoms with Crippen LogP contribution in [0.5, 0.6) is 0 Å². The maximum absolute atomic E-state index is 11.2. The quantitative estimate of drug-likeness (QED) is 0.560. The van der Waals surface area contributed by atoms with Crippen molar-refractivity contribution < 1.29 is 9.59 Å². The maximum atomic E-state index is 11.2. The van der Waals surface area contributed by atoms with Gasteiger partial charge >= 0.3 is 0 Å². The van der Waals surface area contributed by atoms with E-state index in [1.165, 1.54) is 0 Å². The minimum atomic E-state index is -0.369. The average Bonchev–Trinajstić information content (AvgIpc) is 2.60. The monoisotopic (exact) mass is 211 g/mol. The number of nitrogens with one attached hydrogen (secondary N) is 2. The molecular formula is C8H13N5O2. The number of aromatic nitrogens is 2. The van der Waals surface area contributed by atoms with Crippen LogP contribution in [-0.4, -0.2) is 34.7 Å². The highest BCUT2D eigenvalue weighted by atomic mass is 16.2. The Morgan fingerprint density at radius 1 is 1.53 bits per heavy atom. The number of carbonyl (C=O) groups excluding carboxylic acids is 2. The second kappa shape index (κ2) is 5.11. The number of hydrogen-bond donors (Lipinski definition) is 3. The summed E-state index contributed by atoms with van der Waals surface area (Å²) >= 11 is 0. The third-order valence-electron chi connectivity index (χ3n) is 1.61. The second-order valence-electron chi connectivity index (χ2n) is 2.90. The molecule has 0 fully saturated rings. The van der Waals surface area contributed by atoms with E-state index in [1.54, 1.807) is 24.0 Å². The van der Waals surface area contributed by atoms with E-state index in [-0.39, 0.29) is 24.9 Å². The van der Waals surface area contributed by atoms with Crippen molar-refractivity contribution in [1.82, 2.24) is 15.1 Å². The van der Waals surface area contributed by atoms with E-state index in [4.69, 9.17) is 5.73 Å². The summed E-state index contributed by atoms with van der Waals surface area (Å²) in [5.74, 6) is -0.258. The predicted octanol–water partition coefficient (Wildman–Crippen LogP) is -1.57. The number of nitrogens with two attached hydrogens (primary N) is 1. The number of amides is 2. The first-order chi connectivity index (χ1) is 7.11. The van der Waals surface area contributed by atoms with Crippen LogP contribution in [0.2, 0.25) is 0 Å². The van der Waals surface area contributed by atoms with Gasteiger partial charge in [0.1, 0.15) is 0 Å². The molecule has 0 aliphatic rings. The van der Waals surface area contributed by atoms with E-state index in [0.717, 1.165) is 0 Å². The Kier molecular flexibility index (Phi) is 3.81. The molecule has 0 aliphatic heterocycles. The molecule has 1 aromatic heterocycles. The summed E-state index contributed by atoms with van der Waals surface area (Å²) in [4.78, 5) is 22.0. The Balaban J connectivity index is 2.33. The first-order valence-electron chi connectivity index (χ1n) is 4.38. The number of rotatable bonds is 4. The third kappa shape index (κ3) is 3.77. The van der Waals surface area contributed by atoms with E-state index >= 15 is 0 Å². The Bertz CT molecular complexity index is 360. The fourth-order valence-corrected chi connectivity index (χ4v) is 0.920. The van der Waals surface area contributed by atoms with E-state index < -0.39 is 0 Å². The molecule has 1 aromatic rings. The van der Waals surface area contributed by atoms with Gasteiger partial charge in [-0.3, -0.25) is 14.3 Å². The fourth-order valence-electron chi connectivity index (χ4n) is 0.920. The molecule has 7 nitrogen and oxygen atoms in total. The molecule has 7 heteroatoms. The zero-order valence-corrected chi connectivity index (χ0v) is 8.36. The summed E-state index contributed by atoms with van der Waals surface area (Å²) in [6.45, 7) is -0.233. The topological polar surface area (TPSA) is 102 Å². The van der Waals surface area contributed by atoms with Gasteiger partial charge in [-0.05, 0) is 0 Å². The Morgan fingerprint density at radius 3 is 2.80 bits per heavy atom. The molecule has 1 rings (SSSR count). The van der Waals surface area contributed by atoms with Crippen LogP contribution in [0.3, 0.4) is 0 Å². The van der Waals surface area contributed by atoms with Crippen molar-refractivity contribution in [1.29, 1.82) is 0 Å². The number of carbonyl (C=O) groups is 2. The minimum absolute atomic E-state index is 0.105. The standard InChI is InChI=1S/C8H13N5O2/c1-13-3-2-6(12-13)11-8(15)5-10-7(14)4-9/h2-3H,4-5,9H2,1H3,(H,10,14)(H,11,12,15). The van der Waals surface area contributed by atoms with Gasteiger partial charge in [-0.2, -0.15) is 5.10 Å². The van der Waals surface area contributed by atoms with Crippen LogP contribution >= 0.6 is 0 Å². The van der Waals surface area contributed by atoms with Crippen molar-refractivity contribution in [3.05, 3.63) is 12.3 Å².